The van der Waals surface area contributed by atoms with Gasteiger partial charge in [-0.1, -0.05) is 19.3 Å². The summed E-state index contributed by atoms with van der Waals surface area (Å²) >= 11 is 5.39. The van der Waals surface area contributed by atoms with Gasteiger partial charge in [-0.25, -0.2) is 0 Å². The lowest BCUT2D eigenvalue weighted by Crippen LogP contribution is -2.44. The van der Waals surface area contributed by atoms with Gasteiger partial charge in [0, 0.05) is 19.1 Å². The molecule has 3 heteroatoms. The first-order valence-electron chi connectivity index (χ1n) is 5.80. The van der Waals surface area contributed by atoms with Crippen LogP contribution < -0.4 is 5.32 Å². The molecule has 2 rings (SSSR count). The Morgan fingerprint density at radius 3 is 2.36 bits per heavy atom. The molecule has 2 aliphatic carbocycles. The Hall–Kier alpha value is -0.310. The van der Waals surface area contributed by atoms with Crippen LogP contribution in [0.2, 0.25) is 0 Å². The van der Waals surface area contributed by atoms with Gasteiger partial charge in [0.05, 0.1) is 0 Å². The zero-order chi connectivity index (χ0) is 9.97. The van der Waals surface area contributed by atoms with Gasteiger partial charge in [0.15, 0.2) is 5.11 Å². The van der Waals surface area contributed by atoms with Gasteiger partial charge < -0.3 is 10.2 Å². The summed E-state index contributed by atoms with van der Waals surface area (Å²) < 4.78 is 0. The van der Waals surface area contributed by atoms with Gasteiger partial charge in [0.25, 0.3) is 0 Å². The van der Waals surface area contributed by atoms with Gasteiger partial charge in [-0.2, -0.15) is 0 Å². The molecule has 0 unspecified atom stereocenters. The van der Waals surface area contributed by atoms with E-state index in [4.69, 9.17) is 12.2 Å². The van der Waals surface area contributed by atoms with Crippen LogP contribution in [0.3, 0.4) is 0 Å². The van der Waals surface area contributed by atoms with E-state index in [1.165, 1.54) is 44.9 Å². The summed E-state index contributed by atoms with van der Waals surface area (Å²) in [6.07, 6.45) is 9.42. The summed E-state index contributed by atoms with van der Waals surface area (Å²) in [7, 11) is 2.15. The van der Waals surface area contributed by atoms with Crippen LogP contribution in [0.15, 0.2) is 0 Å². The fraction of sp³-hybridized carbons (Fsp3) is 0.909. The summed E-state index contributed by atoms with van der Waals surface area (Å²) in [4.78, 5) is 2.28. The molecule has 0 heterocycles. The van der Waals surface area contributed by atoms with E-state index in [1.807, 2.05) is 0 Å². The monoisotopic (exact) mass is 212 g/mol. The van der Waals surface area contributed by atoms with E-state index < -0.39 is 0 Å². The standard InChI is InChI=1S/C11H20N2S/c1-13(10-5-3-2-4-6-10)11(14)12-9-7-8-9/h9-10H,2-8H2,1H3,(H,12,14). The van der Waals surface area contributed by atoms with Crippen molar-refractivity contribution in [1.82, 2.24) is 10.2 Å². The second-order valence-corrected chi connectivity index (χ2v) is 5.01. The highest BCUT2D eigenvalue weighted by Gasteiger charge is 2.25. The normalized spacial score (nSPS) is 23.2. The first kappa shape index (κ1) is 10.2. The fourth-order valence-corrected chi connectivity index (χ4v) is 2.45. The van der Waals surface area contributed by atoms with Gasteiger partial charge in [-0.15, -0.1) is 0 Å². The maximum absolute atomic E-state index is 5.39. The van der Waals surface area contributed by atoms with Crippen molar-refractivity contribution in [2.75, 3.05) is 7.05 Å². The van der Waals surface area contributed by atoms with E-state index in [2.05, 4.69) is 17.3 Å². The van der Waals surface area contributed by atoms with E-state index >= 15 is 0 Å². The lowest BCUT2D eigenvalue weighted by Gasteiger charge is -2.33. The molecule has 0 aromatic carbocycles. The predicted molar refractivity (Wildman–Crippen MR) is 63.4 cm³/mol. The van der Waals surface area contributed by atoms with Crippen molar-refractivity contribution in [3.05, 3.63) is 0 Å². The van der Waals surface area contributed by atoms with Gasteiger partial charge >= 0.3 is 0 Å². The zero-order valence-electron chi connectivity index (χ0n) is 8.96. The maximum atomic E-state index is 5.39. The molecule has 0 amide bonds. The van der Waals surface area contributed by atoms with Crippen molar-refractivity contribution in [3.63, 3.8) is 0 Å². The summed E-state index contributed by atoms with van der Waals surface area (Å²) in [6, 6.07) is 1.39. The molecule has 0 aliphatic heterocycles. The summed E-state index contributed by atoms with van der Waals surface area (Å²) in [6.45, 7) is 0. The molecule has 2 nitrogen and oxygen atoms in total. The third kappa shape index (κ3) is 2.59. The van der Waals surface area contributed by atoms with Crippen molar-refractivity contribution >= 4 is 17.3 Å². The van der Waals surface area contributed by atoms with E-state index in [0.29, 0.717) is 12.1 Å². The van der Waals surface area contributed by atoms with E-state index in [1.54, 1.807) is 0 Å². The number of rotatable bonds is 2. The van der Waals surface area contributed by atoms with Crippen LogP contribution in [0.25, 0.3) is 0 Å². The topological polar surface area (TPSA) is 15.3 Å². The Morgan fingerprint density at radius 2 is 1.79 bits per heavy atom. The molecule has 2 saturated carbocycles. The molecular weight excluding hydrogens is 192 g/mol. The number of nitrogens with zero attached hydrogens (tertiary/aromatic N) is 1. The second kappa shape index (κ2) is 4.47. The molecule has 0 saturated heterocycles. The molecule has 0 aromatic rings. The van der Waals surface area contributed by atoms with Gasteiger partial charge in [0.1, 0.15) is 0 Å². The summed E-state index contributed by atoms with van der Waals surface area (Å²) in [5.41, 5.74) is 0. The Labute approximate surface area is 92.0 Å². The molecule has 2 aliphatic rings. The number of hydrogen-bond donors (Lipinski definition) is 1. The average Bonchev–Trinajstić information content (AvgIpc) is 3.02. The van der Waals surface area contributed by atoms with Crippen LogP contribution in [-0.4, -0.2) is 29.1 Å². The van der Waals surface area contributed by atoms with Gasteiger partial charge in [-0.05, 0) is 37.9 Å². The maximum Gasteiger partial charge on any atom is 0.169 e. The third-order valence-corrected chi connectivity index (χ3v) is 3.75. The molecule has 14 heavy (non-hydrogen) atoms. The lowest BCUT2D eigenvalue weighted by atomic mass is 9.95. The first-order valence-corrected chi connectivity index (χ1v) is 6.21. The van der Waals surface area contributed by atoms with Crippen LogP contribution in [0.1, 0.15) is 44.9 Å². The Balaban J connectivity index is 1.78. The van der Waals surface area contributed by atoms with Crippen LogP contribution in [0, 0.1) is 0 Å². The molecule has 0 radical (unpaired) electrons. The smallest absolute Gasteiger partial charge is 0.169 e. The minimum absolute atomic E-state index is 0.688. The highest BCUT2D eigenvalue weighted by atomic mass is 32.1. The molecular formula is C11H20N2S. The number of thiocarbonyl (C=S) groups is 1. The van der Waals surface area contributed by atoms with Gasteiger partial charge in [-0.3, -0.25) is 0 Å². The molecule has 0 aromatic heterocycles. The Bertz CT molecular complexity index is 207. The van der Waals surface area contributed by atoms with Crippen molar-refractivity contribution in [1.29, 1.82) is 0 Å². The van der Waals surface area contributed by atoms with Crippen molar-refractivity contribution < 1.29 is 0 Å². The van der Waals surface area contributed by atoms with Crippen LogP contribution >= 0.6 is 12.2 Å². The van der Waals surface area contributed by atoms with E-state index in [9.17, 15) is 0 Å². The van der Waals surface area contributed by atoms with Crippen LogP contribution in [0.4, 0.5) is 0 Å². The number of nitrogens with one attached hydrogen (secondary N) is 1. The molecule has 2 fully saturated rings. The zero-order valence-corrected chi connectivity index (χ0v) is 9.78. The lowest BCUT2D eigenvalue weighted by molar-refractivity contribution is 0.275. The second-order valence-electron chi connectivity index (χ2n) is 4.63. The molecule has 0 bridgehead atoms. The minimum atomic E-state index is 0.688. The molecule has 0 spiro atoms. The highest BCUT2D eigenvalue weighted by molar-refractivity contribution is 7.80. The summed E-state index contributed by atoms with van der Waals surface area (Å²) in [5.74, 6) is 0. The molecule has 80 valence electrons. The van der Waals surface area contributed by atoms with Crippen LogP contribution in [-0.2, 0) is 0 Å². The number of hydrogen-bond acceptors (Lipinski definition) is 1. The van der Waals surface area contributed by atoms with E-state index in [-0.39, 0.29) is 0 Å². The first-order chi connectivity index (χ1) is 6.77. The fourth-order valence-electron chi connectivity index (χ4n) is 2.14. The molecule has 1 N–H and O–H groups in total. The van der Waals surface area contributed by atoms with E-state index in [0.717, 1.165) is 5.11 Å². The predicted octanol–water partition coefficient (Wildman–Crippen LogP) is 2.29. The van der Waals surface area contributed by atoms with Gasteiger partial charge in [0.2, 0.25) is 0 Å². The van der Waals surface area contributed by atoms with Crippen molar-refractivity contribution in [2.24, 2.45) is 0 Å². The quantitative estimate of drug-likeness (QED) is 0.707. The van der Waals surface area contributed by atoms with Crippen LogP contribution in [0.5, 0.6) is 0 Å². The Kier molecular flexibility index (Phi) is 3.26. The summed E-state index contributed by atoms with van der Waals surface area (Å²) in [5, 5.41) is 4.38. The average molecular weight is 212 g/mol. The third-order valence-electron chi connectivity index (χ3n) is 3.35. The van der Waals surface area contributed by atoms with Crippen molar-refractivity contribution in [2.45, 2.75) is 57.0 Å². The highest BCUT2D eigenvalue weighted by Crippen LogP contribution is 2.23. The van der Waals surface area contributed by atoms with Crippen molar-refractivity contribution in [3.8, 4) is 0 Å². The SMILES string of the molecule is CN(C(=S)NC1CC1)C1CCCCC1. The minimum Gasteiger partial charge on any atom is -0.360 e. The largest absolute Gasteiger partial charge is 0.360 e. The molecule has 0 atom stereocenters. The Morgan fingerprint density at radius 1 is 1.14 bits per heavy atom.